The molecule has 0 saturated carbocycles. The molecule has 2 nitrogen and oxygen atoms in total. The number of benzene rings is 5. The van der Waals surface area contributed by atoms with Crippen LogP contribution >= 0.6 is 0 Å². The molecule has 0 bridgehead atoms. The number of aromatic nitrogens is 1. The zero-order chi connectivity index (χ0) is 20.8. The van der Waals surface area contributed by atoms with E-state index in [0.29, 0.717) is 0 Å². The Labute approximate surface area is 183 Å². The second-order valence-corrected chi connectivity index (χ2v) is 8.53. The minimum Gasteiger partial charge on any atom is -0.455 e. The number of rotatable bonds is 0. The van der Waals surface area contributed by atoms with Gasteiger partial charge in [0.2, 0.25) is 0 Å². The van der Waals surface area contributed by atoms with Crippen molar-refractivity contribution < 1.29 is 4.42 Å². The Kier molecular flexibility index (Phi) is 2.91. The molecule has 0 aliphatic carbocycles. The molecule has 0 radical (unpaired) electrons. The summed E-state index contributed by atoms with van der Waals surface area (Å²) in [6.45, 7) is 0. The van der Waals surface area contributed by atoms with Crippen molar-refractivity contribution in [2.45, 2.75) is 0 Å². The molecule has 148 valence electrons. The first kappa shape index (κ1) is 16.4. The SMILES string of the molecule is c1ccc2c(c1)-c1ccc3c(oc4ccccc43)c1-c1cccc3c4ccccc4n-2c13. The van der Waals surface area contributed by atoms with Gasteiger partial charge in [-0.05, 0) is 29.8 Å². The Bertz CT molecular complexity index is 1880. The van der Waals surface area contributed by atoms with E-state index < -0.39 is 0 Å². The molecule has 5 aromatic carbocycles. The van der Waals surface area contributed by atoms with Gasteiger partial charge in [-0.1, -0.05) is 78.9 Å². The molecule has 2 heteroatoms. The summed E-state index contributed by atoms with van der Waals surface area (Å²) < 4.78 is 8.97. The first-order valence-electron chi connectivity index (χ1n) is 11.0. The van der Waals surface area contributed by atoms with Crippen LogP contribution in [0.1, 0.15) is 0 Å². The van der Waals surface area contributed by atoms with Gasteiger partial charge >= 0.3 is 0 Å². The van der Waals surface area contributed by atoms with E-state index >= 15 is 0 Å². The summed E-state index contributed by atoms with van der Waals surface area (Å²) in [7, 11) is 0. The van der Waals surface area contributed by atoms with Gasteiger partial charge in [0, 0.05) is 38.2 Å². The molecule has 7 aromatic rings. The van der Waals surface area contributed by atoms with Crippen LogP contribution in [0.5, 0.6) is 0 Å². The van der Waals surface area contributed by atoms with Gasteiger partial charge in [0.25, 0.3) is 0 Å². The smallest absolute Gasteiger partial charge is 0.143 e. The fourth-order valence-corrected chi connectivity index (χ4v) is 5.65. The van der Waals surface area contributed by atoms with Gasteiger partial charge in [-0.2, -0.15) is 0 Å². The average molecular weight is 407 g/mol. The standard InChI is InChI=1S/C30H17NO/c1-4-13-25-18(8-1)21-16-17-23-20-10-3-6-15-27(20)32-30(23)28(21)24-12-7-11-22-19-9-2-5-14-26(19)31(25)29(22)24/h1-17H. The van der Waals surface area contributed by atoms with E-state index in [1.807, 2.05) is 6.07 Å². The van der Waals surface area contributed by atoms with Crippen LogP contribution in [0, 0.1) is 0 Å². The second-order valence-electron chi connectivity index (χ2n) is 8.53. The van der Waals surface area contributed by atoms with Gasteiger partial charge in [0.15, 0.2) is 0 Å². The number of hydrogen-bond acceptors (Lipinski definition) is 1. The third-order valence-electron chi connectivity index (χ3n) is 6.95. The van der Waals surface area contributed by atoms with Gasteiger partial charge in [0.1, 0.15) is 11.2 Å². The molecule has 0 amide bonds. The minimum absolute atomic E-state index is 0.932. The number of fused-ring (bicyclic) bond motifs is 12. The quantitative estimate of drug-likeness (QED) is 0.247. The highest BCUT2D eigenvalue weighted by Gasteiger charge is 2.26. The number of nitrogens with zero attached hydrogens (tertiary/aromatic N) is 1. The van der Waals surface area contributed by atoms with E-state index in [2.05, 4.69) is 102 Å². The van der Waals surface area contributed by atoms with Gasteiger partial charge in [-0.3, -0.25) is 0 Å². The molecule has 2 aromatic heterocycles. The summed E-state index contributed by atoms with van der Waals surface area (Å²) in [5, 5.41) is 4.88. The van der Waals surface area contributed by atoms with Crippen LogP contribution in [0.2, 0.25) is 0 Å². The molecular weight excluding hydrogens is 390 g/mol. The molecule has 1 aliphatic rings. The Morgan fingerprint density at radius 2 is 1.25 bits per heavy atom. The van der Waals surface area contributed by atoms with E-state index in [9.17, 15) is 0 Å². The van der Waals surface area contributed by atoms with E-state index in [1.54, 1.807) is 0 Å². The Hall–Kier alpha value is -4.30. The van der Waals surface area contributed by atoms with Crippen LogP contribution in [0.15, 0.2) is 108 Å². The molecule has 32 heavy (non-hydrogen) atoms. The molecule has 8 rings (SSSR count). The maximum Gasteiger partial charge on any atom is 0.143 e. The van der Waals surface area contributed by atoms with E-state index in [0.717, 1.165) is 16.6 Å². The summed E-state index contributed by atoms with van der Waals surface area (Å²) in [4.78, 5) is 0. The molecule has 0 fully saturated rings. The van der Waals surface area contributed by atoms with Crippen molar-refractivity contribution >= 4 is 43.7 Å². The molecule has 1 aliphatic heterocycles. The zero-order valence-electron chi connectivity index (χ0n) is 17.2. The van der Waals surface area contributed by atoms with Crippen molar-refractivity contribution in [3.8, 4) is 27.9 Å². The maximum atomic E-state index is 6.53. The van der Waals surface area contributed by atoms with Crippen LogP contribution < -0.4 is 0 Å². The van der Waals surface area contributed by atoms with Crippen molar-refractivity contribution in [3.05, 3.63) is 103 Å². The predicted molar refractivity (Wildman–Crippen MR) is 132 cm³/mol. The molecule has 0 spiro atoms. The first-order valence-corrected chi connectivity index (χ1v) is 11.0. The lowest BCUT2D eigenvalue weighted by molar-refractivity contribution is 0.670. The average Bonchev–Trinajstić information content (AvgIpc) is 3.35. The Morgan fingerprint density at radius 1 is 0.500 bits per heavy atom. The lowest BCUT2D eigenvalue weighted by atomic mass is 9.92. The van der Waals surface area contributed by atoms with Crippen LogP contribution in [0.25, 0.3) is 71.7 Å². The highest BCUT2D eigenvalue weighted by atomic mass is 16.3. The van der Waals surface area contributed by atoms with Gasteiger partial charge in [-0.25, -0.2) is 0 Å². The summed E-state index contributed by atoms with van der Waals surface area (Å²) in [5.41, 5.74) is 10.4. The lowest BCUT2D eigenvalue weighted by Gasteiger charge is -2.12. The topological polar surface area (TPSA) is 18.1 Å². The number of hydrogen-bond donors (Lipinski definition) is 0. The van der Waals surface area contributed by atoms with Crippen LogP contribution in [0.4, 0.5) is 0 Å². The summed E-state index contributed by atoms with van der Waals surface area (Å²) in [6.07, 6.45) is 0. The van der Waals surface area contributed by atoms with Crippen molar-refractivity contribution in [3.63, 3.8) is 0 Å². The summed E-state index contributed by atoms with van der Waals surface area (Å²) >= 11 is 0. The lowest BCUT2D eigenvalue weighted by Crippen LogP contribution is -1.95. The fourth-order valence-electron chi connectivity index (χ4n) is 5.65. The van der Waals surface area contributed by atoms with Gasteiger partial charge < -0.3 is 8.98 Å². The van der Waals surface area contributed by atoms with Gasteiger partial charge in [-0.15, -0.1) is 0 Å². The third kappa shape index (κ3) is 1.86. The highest BCUT2D eigenvalue weighted by molar-refractivity contribution is 6.21. The summed E-state index contributed by atoms with van der Waals surface area (Å²) in [5.74, 6) is 0. The predicted octanol–water partition coefficient (Wildman–Crippen LogP) is 8.33. The van der Waals surface area contributed by atoms with Crippen molar-refractivity contribution in [1.82, 2.24) is 4.57 Å². The first-order chi connectivity index (χ1) is 15.9. The normalized spacial score (nSPS) is 12.4. The van der Waals surface area contributed by atoms with Gasteiger partial charge in [0.05, 0.1) is 16.7 Å². The third-order valence-corrected chi connectivity index (χ3v) is 6.95. The maximum absolute atomic E-state index is 6.53. The molecule has 3 heterocycles. The highest BCUT2D eigenvalue weighted by Crippen LogP contribution is 2.49. The molecule has 0 atom stereocenters. The molecule has 0 N–H and O–H groups in total. The Morgan fingerprint density at radius 3 is 2.22 bits per heavy atom. The van der Waals surface area contributed by atoms with E-state index in [-0.39, 0.29) is 0 Å². The molecule has 0 unspecified atom stereocenters. The molecular formula is C30H17NO. The summed E-state index contributed by atoms with van der Waals surface area (Å²) in [6, 6.07) is 36.9. The van der Waals surface area contributed by atoms with Crippen molar-refractivity contribution in [2.75, 3.05) is 0 Å². The number of furan rings is 1. The van der Waals surface area contributed by atoms with Crippen molar-refractivity contribution in [1.29, 1.82) is 0 Å². The van der Waals surface area contributed by atoms with Crippen LogP contribution in [-0.4, -0.2) is 4.57 Å². The van der Waals surface area contributed by atoms with Crippen molar-refractivity contribution in [2.24, 2.45) is 0 Å². The molecule has 0 saturated heterocycles. The van der Waals surface area contributed by atoms with Crippen LogP contribution in [0.3, 0.4) is 0 Å². The largest absolute Gasteiger partial charge is 0.455 e. The van der Waals surface area contributed by atoms with Crippen LogP contribution in [-0.2, 0) is 0 Å². The van der Waals surface area contributed by atoms with E-state index in [1.165, 1.54) is 55.1 Å². The second kappa shape index (κ2) is 5.68. The Balaban J connectivity index is 1.70. The van der Waals surface area contributed by atoms with E-state index in [4.69, 9.17) is 4.42 Å². The fraction of sp³-hybridized carbons (Fsp3) is 0. The monoisotopic (exact) mass is 407 g/mol. The zero-order valence-corrected chi connectivity index (χ0v) is 17.2. The number of para-hydroxylation sites is 4. The minimum atomic E-state index is 0.932.